The Hall–Kier alpha value is -1.94. The molecule has 0 aliphatic rings. The molecular formula is C14H16N2O2. The number of aromatic nitrogens is 2. The van der Waals surface area contributed by atoms with Crippen LogP contribution in [-0.2, 0) is 0 Å². The highest BCUT2D eigenvalue weighted by atomic mass is 16.5. The van der Waals surface area contributed by atoms with Crippen molar-refractivity contribution in [2.24, 2.45) is 0 Å². The molecule has 4 nitrogen and oxygen atoms in total. The van der Waals surface area contributed by atoms with Crippen LogP contribution in [0.2, 0.25) is 0 Å². The molecule has 0 saturated heterocycles. The number of methoxy groups -OCH3 is 1. The van der Waals surface area contributed by atoms with Crippen LogP contribution in [-0.4, -0.2) is 22.2 Å². The SMILES string of the molecule is COc1cncc(C(O)c2cc(C)nc(C)c2)c1. The van der Waals surface area contributed by atoms with Crippen LogP contribution in [0.5, 0.6) is 5.75 Å². The average Bonchev–Trinajstić information content (AvgIpc) is 2.37. The Labute approximate surface area is 106 Å². The highest BCUT2D eigenvalue weighted by molar-refractivity contribution is 5.33. The molecule has 0 aliphatic carbocycles. The fourth-order valence-corrected chi connectivity index (χ4v) is 1.91. The summed E-state index contributed by atoms with van der Waals surface area (Å²) in [7, 11) is 1.58. The zero-order chi connectivity index (χ0) is 13.1. The van der Waals surface area contributed by atoms with E-state index in [1.807, 2.05) is 26.0 Å². The second kappa shape index (κ2) is 5.14. The van der Waals surface area contributed by atoms with E-state index < -0.39 is 6.10 Å². The molecule has 0 radical (unpaired) electrons. The summed E-state index contributed by atoms with van der Waals surface area (Å²) in [5.41, 5.74) is 3.30. The summed E-state index contributed by atoms with van der Waals surface area (Å²) in [4.78, 5) is 8.34. The van der Waals surface area contributed by atoms with E-state index in [0.29, 0.717) is 11.3 Å². The number of aliphatic hydroxyl groups excluding tert-OH is 1. The van der Waals surface area contributed by atoms with E-state index in [2.05, 4.69) is 9.97 Å². The molecule has 0 saturated carbocycles. The molecular weight excluding hydrogens is 228 g/mol. The van der Waals surface area contributed by atoms with E-state index >= 15 is 0 Å². The fraction of sp³-hybridized carbons (Fsp3) is 0.286. The number of pyridine rings is 2. The van der Waals surface area contributed by atoms with Gasteiger partial charge in [-0.1, -0.05) is 0 Å². The molecule has 1 N–H and O–H groups in total. The molecule has 2 heterocycles. The first-order valence-electron chi connectivity index (χ1n) is 5.72. The topological polar surface area (TPSA) is 55.2 Å². The lowest BCUT2D eigenvalue weighted by Crippen LogP contribution is -2.03. The molecule has 0 aliphatic heterocycles. The van der Waals surface area contributed by atoms with Gasteiger partial charge < -0.3 is 9.84 Å². The Kier molecular flexibility index (Phi) is 3.58. The number of hydrogen-bond acceptors (Lipinski definition) is 4. The van der Waals surface area contributed by atoms with Gasteiger partial charge in [-0.2, -0.15) is 0 Å². The van der Waals surface area contributed by atoms with Crippen molar-refractivity contribution in [3.8, 4) is 5.75 Å². The van der Waals surface area contributed by atoms with Crippen molar-refractivity contribution in [3.05, 3.63) is 53.1 Å². The van der Waals surface area contributed by atoms with Crippen LogP contribution in [0.4, 0.5) is 0 Å². The van der Waals surface area contributed by atoms with Gasteiger partial charge in [-0.15, -0.1) is 0 Å². The van der Waals surface area contributed by atoms with Crippen LogP contribution in [0.25, 0.3) is 0 Å². The smallest absolute Gasteiger partial charge is 0.137 e. The Balaban J connectivity index is 2.37. The number of aryl methyl sites for hydroxylation is 2. The van der Waals surface area contributed by atoms with Gasteiger partial charge in [0.1, 0.15) is 11.9 Å². The summed E-state index contributed by atoms with van der Waals surface area (Å²) < 4.78 is 5.10. The van der Waals surface area contributed by atoms with E-state index in [1.165, 1.54) is 0 Å². The van der Waals surface area contributed by atoms with E-state index in [0.717, 1.165) is 17.0 Å². The van der Waals surface area contributed by atoms with Crippen LogP contribution in [0.3, 0.4) is 0 Å². The lowest BCUT2D eigenvalue weighted by molar-refractivity contribution is 0.219. The van der Waals surface area contributed by atoms with Crippen LogP contribution in [0, 0.1) is 13.8 Å². The van der Waals surface area contributed by atoms with Gasteiger partial charge >= 0.3 is 0 Å². The first kappa shape index (κ1) is 12.5. The molecule has 94 valence electrons. The lowest BCUT2D eigenvalue weighted by atomic mass is 10.0. The van der Waals surface area contributed by atoms with Crippen LogP contribution in [0.15, 0.2) is 30.6 Å². The fourth-order valence-electron chi connectivity index (χ4n) is 1.91. The highest BCUT2D eigenvalue weighted by Crippen LogP contribution is 2.24. The maximum absolute atomic E-state index is 10.3. The Morgan fingerprint density at radius 3 is 2.33 bits per heavy atom. The van der Waals surface area contributed by atoms with Gasteiger partial charge in [-0.25, -0.2) is 0 Å². The third kappa shape index (κ3) is 2.65. The molecule has 0 spiro atoms. The summed E-state index contributed by atoms with van der Waals surface area (Å²) >= 11 is 0. The van der Waals surface area contributed by atoms with E-state index in [4.69, 9.17) is 4.74 Å². The molecule has 0 bridgehead atoms. The maximum Gasteiger partial charge on any atom is 0.137 e. The van der Waals surface area contributed by atoms with Gasteiger partial charge in [0.25, 0.3) is 0 Å². The second-order valence-corrected chi connectivity index (χ2v) is 4.24. The van der Waals surface area contributed by atoms with E-state index in [1.54, 1.807) is 25.6 Å². The second-order valence-electron chi connectivity index (χ2n) is 4.24. The molecule has 2 rings (SSSR count). The molecule has 0 aromatic carbocycles. The van der Waals surface area contributed by atoms with Gasteiger partial charge in [0, 0.05) is 23.1 Å². The first-order valence-corrected chi connectivity index (χ1v) is 5.72. The lowest BCUT2D eigenvalue weighted by Gasteiger charge is -2.13. The summed E-state index contributed by atoms with van der Waals surface area (Å²) in [6, 6.07) is 5.52. The Morgan fingerprint density at radius 1 is 1.06 bits per heavy atom. The minimum atomic E-state index is -0.715. The summed E-state index contributed by atoms with van der Waals surface area (Å²) in [5, 5.41) is 10.3. The molecule has 18 heavy (non-hydrogen) atoms. The molecule has 2 aromatic heterocycles. The number of nitrogens with zero attached hydrogens (tertiary/aromatic N) is 2. The van der Waals surface area contributed by atoms with E-state index in [-0.39, 0.29) is 0 Å². The van der Waals surface area contributed by atoms with Gasteiger partial charge in [0.15, 0.2) is 0 Å². The average molecular weight is 244 g/mol. The van der Waals surface area contributed by atoms with Crippen molar-refractivity contribution >= 4 is 0 Å². The first-order chi connectivity index (χ1) is 8.60. The summed E-state index contributed by atoms with van der Waals surface area (Å²) in [6.07, 6.45) is 2.53. The maximum atomic E-state index is 10.3. The summed E-state index contributed by atoms with van der Waals surface area (Å²) in [5.74, 6) is 0.633. The zero-order valence-corrected chi connectivity index (χ0v) is 10.7. The molecule has 1 unspecified atom stereocenters. The third-order valence-electron chi connectivity index (χ3n) is 2.71. The molecule has 4 heteroatoms. The summed E-state index contributed by atoms with van der Waals surface area (Å²) in [6.45, 7) is 3.82. The minimum Gasteiger partial charge on any atom is -0.495 e. The zero-order valence-electron chi connectivity index (χ0n) is 10.7. The van der Waals surface area contributed by atoms with Crippen molar-refractivity contribution in [1.29, 1.82) is 0 Å². The normalized spacial score (nSPS) is 12.2. The van der Waals surface area contributed by atoms with Crippen LogP contribution >= 0.6 is 0 Å². The Bertz CT molecular complexity index is 535. The highest BCUT2D eigenvalue weighted by Gasteiger charge is 2.12. The molecule has 0 fully saturated rings. The van der Waals surface area contributed by atoms with Crippen molar-refractivity contribution in [2.75, 3.05) is 7.11 Å². The van der Waals surface area contributed by atoms with Crippen LogP contribution in [0.1, 0.15) is 28.6 Å². The predicted octanol–water partition coefficient (Wildman–Crippen LogP) is 2.18. The van der Waals surface area contributed by atoms with Crippen LogP contribution < -0.4 is 4.74 Å². The largest absolute Gasteiger partial charge is 0.495 e. The van der Waals surface area contributed by atoms with Crippen molar-refractivity contribution in [2.45, 2.75) is 20.0 Å². The van der Waals surface area contributed by atoms with Gasteiger partial charge in [-0.3, -0.25) is 9.97 Å². The van der Waals surface area contributed by atoms with Crippen molar-refractivity contribution < 1.29 is 9.84 Å². The molecule has 0 amide bonds. The molecule has 2 aromatic rings. The number of rotatable bonds is 3. The number of hydrogen-bond donors (Lipinski definition) is 1. The van der Waals surface area contributed by atoms with Crippen molar-refractivity contribution in [1.82, 2.24) is 9.97 Å². The number of ether oxygens (including phenoxy) is 1. The monoisotopic (exact) mass is 244 g/mol. The minimum absolute atomic E-state index is 0.633. The van der Waals surface area contributed by atoms with Gasteiger partial charge in [0.05, 0.1) is 13.3 Å². The standard InChI is InChI=1S/C14H16N2O2/c1-9-4-11(5-10(2)16-9)14(17)12-6-13(18-3)8-15-7-12/h4-8,14,17H,1-3H3. The van der Waals surface area contributed by atoms with Gasteiger partial charge in [0.2, 0.25) is 0 Å². The quantitative estimate of drug-likeness (QED) is 0.899. The van der Waals surface area contributed by atoms with Gasteiger partial charge in [-0.05, 0) is 37.6 Å². The van der Waals surface area contributed by atoms with Crippen molar-refractivity contribution in [3.63, 3.8) is 0 Å². The Morgan fingerprint density at radius 2 is 1.72 bits per heavy atom. The third-order valence-corrected chi connectivity index (χ3v) is 2.71. The predicted molar refractivity (Wildman–Crippen MR) is 68.6 cm³/mol. The number of aliphatic hydroxyl groups is 1. The van der Waals surface area contributed by atoms with E-state index in [9.17, 15) is 5.11 Å². The molecule has 1 atom stereocenters.